The maximum Gasteiger partial charge on any atom is 0.405 e. The molecule has 1 aliphatic heterocycles. The zero-order valence-corrected chi connectivity index (χ0v) is 16.0. The lowest BCUT2D eigenvalue weighted by Crippen LogP contribution is -2.45. The number of hydrogen-bond acceptors (Lipinski definition) is 4. The number of ketones is 1. The lowest BCUT2D eigenvalue weighted by Gasteiger charge is -2.30. The minimum atomic E-state index is -1.08. The third-order valence-electron chi connectivity index (χ3n) is 4.43. The maximum atomic E-state index is 13.3. The van der Waals surface area contributed by atoms with Crippen LogP contribution in [-0.2, 0) is 9.47 Å². The molecule has 0 aliphatic carbocycles. The summed E-state index contributed by atoms with van der Waals surface area (Å²) in [5.74, 6) is 0.0313. The number of ether oxygens (including phenoxy) is 2. The van der Waals surface area contributed by atoms with E-state index in [4.69, 9.17) is 14.6 Å². The second kappa shape index (κ2) is 8.64. The van der Waals surface area contributed by atoms with E-state index in [1.54, 1.807) is 19.9 Å². The second-order valence-corrected chi connectivity index (χ2v) is 7.87. The Morgan fingerprint density at radius 2 is 1.85 bits per heavy atom. The maximum absolute atomic E-state index is 13.3. The zero-order chi connectivity index (χ0) is 19.3. The number of carbonyl (C=O) groups is 2. The fraction of sp³-hybridized carbons (Fsp3) is 0.600. The van der Waals surface area contributed by atoms with E-state index >= 15 is 0 Å². The summed E-state index contributed by atoms with van der Waals surface area (Å²) in [5.41, 5.74) is 0.639. The summed E-state index contributed by atoms with van der Waals surface area (Å²) < 4.78 is 11.2. The molecule has 0 unspecified atom stereocenters. The van der Waals surface area contributed by atoms with E-state index in [0.717, 1.165) is 5.56 Å². The Hall–Kier alpha value is -1.92. The first-order chi connectivity index (χ1) is 12.2. The van der Waals surface area contributed by atoms with E-state index in [1.165, 1.54) is 0 Å². The molecule has 1 aromatic rings. The van der Waals surface area contributed by atoms with Crippen LogP contribution < -0.4 is 5.32 Å². The highest BCUT2D eigenvalue weighted by Gasteiger charge is 2.32. The van der Waals surface area contributed by atoms with Gasteiger partial charge in [-0.2, -0.15) is 0 Å². The van der Waals surface area contributed by atoms with E-state index < -0.39 is 17.9 Å². The number of nitrogens with one attached hydrogen (secondary N) is 1. The molecule has 2 rings (SSSR count). The molecule has 1 amide bonds. The Kier molecular flexibility index (Phi) is 6.78. The van der Waals surface area contributed by atoms with Crippen molar-refractivity contribution in [3.63, 3.8) is 0 Å². The van der Waals surface area contributed by atoms with Crippen molar-refractivity contribution in [2.24, 2.45) is 11.8 Å². The quantitative estimate of drug-likeness (QED) is 0.682. The first kappa shape index (κ1) is 20.4. The first-order valence-electron chi connectivity index (χ1n) is 9.07. The van der Waals surface area contributed by atoms with Crippen molar-refractivity contribution in [1.29, 1.82) is 0 Å². The van der Waals surface area contributed by atoms with Gasteiger partial charge < -0.3 is 19.9 Å². The minimum absolute atomic E-state index is 0.00802. The van der Waals surface area contributed by atoms with Gasteiger partial charge >= 0.3 is 6.09 Å². The SMILES string of the molecule is CC(C)C[C@H](CC(C)(C)NC(=O)O)C(=O)c1ccccc1C1OCCO1. The Labute approximate surface area is 154 Å². The van der Waals surface area contributed by atoms with E-state index in [9.17, 15) is 9.59 Å². The molecule has 6 heteroatoms. The molecular formula is C20H29NO5. The molecule has 0 bridgehead atoms. The average Bonchev–Trinajstić information content (AvgIpc) is 3.05. The summed E-state index contributed by atoms with van der Waals surface area (Å²) in [5, 5.41) is 11.6. The smallest absolute Gasteiger partial charge is 0.405 e. The second-order valence-electron chi connectivity index (χ2n) is 7.87. The Morgan fingerprint density at radius 3 is 2.42 bits per heavy atom. The summed E-state index contributed by atoms with van der Waals surface area (Å²) in [6.07, 6.45) is -0.486. The van der Waals surface area contributed by atoms with Crippen LogP contribution >= 0.6 is 0 Å². The van der Waals surface area contributed by atoms with Crippen molar-refractivity contribution < 1.29 is 24.2 Å². The van der Waals surface area contributed by atoms with Crippen molar-refractivity contribution in [3.05, 3.63) is 35.4 Å². The summed E-state index contributed by atoms with van der Waals surface area (Å²) >= 11 is 0. The summed E-state index contributed by atoms with van der Waals surface area (Å²) in [6.45, 7) is 8.75. The van der Waals surface area contributed by atoms with E-state index in [2.05, 4.69) is 19.2 Å². The molecule has 0 spiro atoms. The van der Waals surface area contributed by atoms with Crippen LogP contribution in [0.5, 0.6) is 0 Å². The zero-order valence-electron chi connectivity index (χ0n) is 16.0. The Bertz CT molecular complexity index is 635. The van der Waals surface area contributed by atoms with Gasteiger partial charge in [0.1, 0.15) is 0 Å². The number of Topliss-reactive ketones (excluding diaryl/α,β-unsaturated/α-hetero) is 1. The first-order valence-corrected chi connectivity index (χ1v) is 9.07. The summed E-state index contributed by atoms with van der Waals surface area (Å²) in [7, 11) is 0. The van der Waals surface area contributed by atoms with Gasteiger partial charge in [0.2, 0.25) is 0 Å². The predicted octanol–water partition coefficient (Wildman–Crippen LogP) is 4.01. The molecule has 1 aliphatic rings. The highest BCUT2D eigenvalue weighted by molar-refractivity contribution is 5.99. The molecule has 0 radical (unpaired) electrons. The van der Waals surface area contributed by atoms with Crippen LogP contribution in [0, 0.1) is 11.8 Å². The lowest BCUT2D eigenvalue weighted by molar-refractivity contribution is -0.0445. The summed E-state index contributed by atoms with van der Waals surface area (Å²) in [6, 6.07) is 7.35. The number of amides is 1. The third kappa shape index (κ3) is 5.54. The standard InChI is InChI=1S/C20H29NO5/c1-13(2)11-14(12-20(3,4)21-19(23)24)17(22)15-7-5-6-8-16(15)18-25-9-10-26-18/h5-8,13-14,18,21H,9-12H2,1-4H3,(H,23,24)/t14-/m1/s1. The van der Waals surface area contributed by atoms with E-state index in [-0.39, 0.29) is 11.7 Å². The number of carbonyl (C=O) groups excluding carboxylic acids is 1. The van der Waals surface area contributed by atoms with Gasteiger partial charge in [0.15, 0.2) is 12.1 Å². The molecule has 0 saturated carbocycles. The van der Waals surface area contributed by atoms with Gasteiger partial charge in [-0.05, 0) is 32.6 Å². The van der Waals surface area contributed by atoms with Crippen molar-refractivity contribution in [3.8, 4) is 0 Å². The largest absolute Gasteiger partial charge is 0.465 e. The Balaban J connectivity index is 2.28. The van der Waals surface area contributed by atoms with Crippen LogP contribution in [0.3, 0.4) is 0 Å². The van der Waals surface area contributed by atoms with E-state index in [0.29, 0.717) is 37.5 Å². The van der Waals surface area contributed by atoms with Gasteiger partial charge in [-0.1, -0.05) is 38.1 Å². The number of benzene rings is 1. The van der Waals surface area contributed by atoms with Gasteiger partial charge in [-0.25, -0.2) is 4.79 Å². The van der Waals surface area contributed by atoms with Gasteiger partial charge in [0.05, 0.1) is 13.2 Å². The van der Waals surface area contributed by atoms with Crippen LogP contribution in [0.4, 0.5) is 4.79 Å². The molecule has 26 heavy (non-hydrogen) atoms. The molecule has 6 nitrogen and oxygen atoms in total. The number of hydrogen-bond donors (Lipinski definition) is 2. The van der Waals surface area contributed by atoms with Gasteiger partial charge in [0.25, 0.3) is 0 Å². The fourth-order valence-corrected chi connectivity index (χ4v) is 3.49. The molecule has 0 aromatic heterocycles. The van der Waals surface area contributed by atoms with Gasteiger partial charge in [-0.15, -0.1) is 0 Å². The average molecular weight is 363 g/mol. The molecule has 144 valence electrons. The van der Waals surface area contributed by atoms with Gasteiger partial charge in [-0.3, -0.25) is 4.79 Å². The van der Waals surface area contributed by atoms with E-state index in [1.807, 2.05) is 18.2 Å². The summed E-state index contributed by atoms with van der Waals surface area (Å²) in [4.78, 5) is 24.4. The predicted molar refractivity (Wildman–Crippen MR) is 98.2 cm³/mol. The van der Waals surface area contributed by atoms with Crippen molar-refractivity contribution >= 4 is 11.9 Å². The fourth-order valence-electron chi connectivity index (χ4n) is 3.49. The van der Waals surface area contributed by atoms with Gasteiger partial charge in [0, 0.05) is 22.6 Å². The van der Waals surface area contributed by atoms with Crippen LogP contribution in [0.2, 0.25) is 0 Å². The molecule has 1 saturated heterocycles. The minimum Gasteiger partial charge on any atom is -0.465 e. The lowest BCUT2D eigenvalue weighted by atomic mass is 9.80. The molecular weight excluding hydrogens is 334 g/mol. The van der Waals surface area contributed by atoms with Crippen LogP contribution in [0.1, 0.15) is 62.7 Å². The highest BCUT2D eigenvalue weighted by Crippen LogP contribution is 2.31. The number of rotatable bonds is 8. The molecule has 1 heterocycles. The highest BCUT2D eigenvalue weighted by atomic mass is 16.7. The molecule has 1 aromatic carbocycles. The number of carboxylic acid groups (broad SMARTS) is 1. The molecule has 1 atom stereocenters. The third-order valence-corrected chi connectivity index (χ3v) is 4.43. The Morgan fingerprint density at radius 1 is 1.23 bits per heavy atom. The monoisotopic (exact) mass is 363 g/mol. The van der Waals surface area contributed by atoms with Crippen molar-refractivity contribution in [1.82, 2.24) is 5.32 Å². The molecule has 1 fully saturated rings. The van der Waals surface area contributed by atoms with Crippen LogP contribution in [0.25, 0.3) is 0 Å². The topological polar surface area (TPSA) is 84.9 Å². The molecule has 2 N–H and O–H groups in total. The van der Waals surface area contributed by atoms with Crippen LogP contribution in [0.15, 0.2) is 24.3 Å². The van der Waals surface area contributed by atoms with Crippen LogP contribution in [-0.4, -0.2) is 35.7 Å². The van der Waals surface area contributed by atoms with Crippen molar-refractivity contribution in [2.45, 2.75) is 52.4 Å². The normalized spacial score (nSPS) is 16.7. The van der Waals surface area contributed by atoms with Crippen molar-refractivity contribution in [2.75, 3.05) is 13.2 Å².